The molecule has 0 saturated carbocycles. The first-order valence-corrected chi connectivity index (χ1v) is 5.71. The summed E-state index contributed by atoms with van der Waals surface area (Å²) in [7, 11) is 1.95. The third kappa shape index (κ3) is 2.46. The van der Waals surface area contributed by atoms with Gasteiger partial charge < -0.3 is 9.88 Å². The van der Waals surface area contributed by atoms with Crippen molar-refractivity contribution in [2.24, 2.45) is 0 Å². The highest BCUT2D eigenvalue weighted by atomic mass is 35.5. The molecule has 2 rings (SSSR count). The smallest absolute Gasteiger partial charge is 0.0488 e. The zero-order valence-electron chi connectivity index (χ0n) is 9.28. The van der Waals surface area contributed by atoms with Gasteiger partial charge in [0, 0.05) is 30.0 Å². The average molecular weight is 235 g/mol. The Bertz CT molecular complexity index is 462. The van der Waals surface area contributed by atoms with Crippen LogP contribution in [0.5, 0.6) is 0 Å². The SMILES string of the molecule is CNCc1cccn1Cc1ccccc1Cl. The topological polar surface area (TPSA) is 17.0 Å². The second kappa shape index (κ2) is 5.19. The normalized spacial score (nSPS) is 10.6. The van der Waals surface area contributed by atoms with E-state index in [1.54, 1.807) is 0 Å². The Morgan fingerprint density at radius 1 is 1.19 bits per heavy atom. The Labute approximate surface area is 101 Å². The summed E-state index contributed by atoms with van der Waals surface area (Å²) < 4.78 is 2.21. The Morgan fingerprint density at radius 2 is 2.00 bits per heavy atom. The molecular weight excluding hydrogens is 220 g/mol. The molecular formula is C13H15ClN2. The molecule has 0 amide bonds. The van der Waals surface area contributed by atoms with Gasteiger partial charge in [0.05, 0.1) is 0 Å². The number of nitrogens with zero attached hydrogens (tertiary/aromatic N) is 1. The van der Waals surface area contributed by atoms with Gasteiger partial charge in [-0.25, -0.2) is 0 Å². The third-order valence-corrected chi connectivity index (χ3v) is 2.95. The van der Waals surface area contributed by atoms with E-state index in [0.717, 1.165) is 23.7 Å². The van der Waals surface area contributed by atoms with Crippen molar-refractivity contribution in [1.82, 2.24) is 9.88 Å². The summed E-state index contributed by atoms with van der Waals surface area (Å²) in [6.45, 7) is 1.70. The van der Waals surface area contributed by atoms with Crippen LogP contribution in [0.1, 0.15) is 11.3 Å². The van der Waals surface area contributed by atoms with Gasteiger partial charge in [0.25, 0.3) is 0 Å². The van der Waals surface area contributed by atoms with Crippen LogP contribution < -0.4 is 5.32 Å². The van der Waals surface area contributed by atoms with E-state index in [1.165, 1.54) is 5.69 Å². The molecule has 0 bridgehead atoms. The number of aromatic nitrogens is 1. The molecule has 0 saturated heterocycles. The number of hydrogen-bond acceptors (Lipinski definition) is 1. The van der Waals surface area contributed by atoms with Crippen molar-refractivity contribution in [2.45, 2.75) is 13.1 Å². The van der Waals surface area contributed by atoms with Crippen LogP contribution >= 0.6 is 11.6 Å². The van der Waals surface area contributed by atoms with Crippen molar-refractivity contribution in [3.63, 3.8) is 0 Å². The summed E-state index contributed by atoms with van der Waals surface area (Å²) in [5.41, 5.74) is 2.42. The molecule has 1 aromatic heterocycles. The quantitative estimate of drug-likeness (QED) is 0.861. The molecule has 1 heterocycles. The van der Waals surface area contributed by atoms with Crippen LogP contribution in [0.15, 0.2) is 42.6 Å². The van der Waals surface area contributed by atoms with E-state index >= 15 is 0 Å². The van der Waals surface area contributed by atoms with Gasteiger partial charge in [0.15, 0.2) is 0 Å². The number of hydrogen-bond donors (Lipinski definition) is 1. The monoisotopic (exact) mass is 234 g/mol. The first-order valence-electron chi connectivity index (χ1n) is 5.33. The van der Waals surface area contributed by atoms with Gasteiger partial charge in [-0.05, 0) is 30.8 Å². The zero-order valence-corrected chi connectivity index (χ0v) is 10.0. The highest BCUT2D eigenvalue weighted by Crippen LogP contribution is 2.17. The lowest BCUT2D eigenvalue weighted by molar-refractivity contribution is 0.694. The lowest BCUT2D eigenvalue weighted by atomic mass is 10.2. The number of rotatable bonds is 4. The summed E-state index contributed by atoms with van der Waals surface area (Å²) in [6.07, 6.45) is 2.08. The van der Waals surface area contributed by atoms with Crippen LogP contribution in [-0.2, 0) is 13.1 Å². The minimum atomic E-state index is 0.823. The van der Waals surface area contributed by atoms with Gasteiger partial charge in [0.1, 0.15) is 0 Å². The van der Waals surface area contributed by atoms with Gasteiger partial charge in [-0.3, -0.25) is 0 Å². The van der Waals surface area contributed by atoms with Crippen LogP contribution in [0.4, 0.5) is 0 Å². The summed E-state index contributed by atoms with van der Waals surface area (Å²) in [4.78, 5) is 0. The zero-order chi connectivity index (χ0) is 11.4. The van der Waals surface area contributed by atoms with E-state index in [0.29, 0.717) is 0 Å². The Balaban J connectivity index is 2.20. The molecule has 0 atom stereocenters. The van der Waals surface area contributed by atoms with E-state index < -0.39 is 0 Å². The molecule has 1 aromatic carbocycles. The Kier molecular flexibility index (Phi) is 3.65. The fraction of sp³-hybridized carbons (Fsp3) is 0.231. The van der Waals surface area contributed by atoms with Crippen molar-refractivity contribution in [3.05, 3.63) is 58.9 Å². The molecule has 0 aliphatic heterocycles. The first kappa shape index (κ1) is 11.2. The van der Waals surface area contributed by atoms with E-state index in [4.69, 9.17) is 11.6 Å². The van der Waals surface area contributed by atoms with E-state index in [-0.39, 0.29) is 0 Å². The second-order valence-corrected chi connectivity index (χ2v) is 4.16. The second-order valence-electron chi connectivity index (χ2n) is 3.75. The molecule has 0 aliphatic rings. The molecule has 2 nitrogen and oxygen atoms in total. The maximum absolute atomic E-state index is 6.14. The molecule has 0 fully saturated rings. The van der Waals surface area contributed by atoms with Gasteiger partial charge >= 0.3 is 0 Å². The molecule has 16 heavy (non-hydrogen) atoms. The van der Waals surface area contributed by atoms with Crippen molar-refractivity contribution in [3.8, 4) is 0 Å². The van der Waals surface area contributed by atoms with Crippen molar-refractivity contribution in [2.75, 3.05) is 7.05 Å². The average Bonchev–Trinajstić information content (AvgIpc) is 2.70. The maximum atomic E-state index is 6.14. The van der Waals surface area contributed by atoms with E-state index in [1.807, 2.05) is 25.2 Å². The molecule has 2 aromatic rings. The van der Waals surface area contributed by atoms with Gasteiger partial charge in [-0.15, -0.1) is 0 Å². The Hall–Kier alpha value is -1.25. The van der Waals surface area contributed by atoms with Gasteiger partial charge in [0.2, 0.25) is 0 Å². The Morgan fingerprint density at radius 3 is 2.75 bits per heavy atom. The van der Waals surface area contributed by atoms with Crippen LogP contribution in [-0.4, -0.2) is 11.6 Å². The minimum absolute atomic E-state index is 0.823. The molecule has 0 radical (unpaired) electrons. The van der Waals surface area contributed by atoms with Gasteiger partial charge in [-0.2, -0.15) is 0 Å². The standard InChI is InChI=1S/C13H15ClN2/c1-15-9-12-6-4-8-16(12)10-11-5-2-3-7-13(11)14/h2-8,15H,9-10H2,1H3. The summed E-state index contributed by atoms with van der Waals surface area (Å²) in [5.74, 6) is 0. The first-order chi connectivity index (χ1) is 7.81. The van der Waals surface area contributed by atoms with Crippen molar-refractivity contribution < 1.29 is 0 Å². The highest BCUT2D eigenvalue weighted by molar-refractivity contribution is 6.31. The fourth-order valence-electron chi connectivity index (χ4n) is 1.76. The summed E-state index contributed by atoms with van der Waals surface area (Å²) in [5, 5.41) is 3.98. The molecule has 1 N–H and O–H groups in total. The molecule has 3 heteroatoms. The summed E-state index contributed by atoms with van der Waals surface area (Å²) in [6, 6.07) is 12.1. The fourth-order valence-corrected chi connectivity index (χ4v) is 1.95. The van der Waals surface area contributed by atoms with Crippen LogP contribution in [0, 0.1) is 0 Å². The molecule has 84 valence electrons. The van der Waals surface area contributed by atoms with Crippen molar-refractivity contribution in [1.29, 1.82) is 0 Å². The lowest BCUT2D eigenvalue weighted by Gasteiger charge is -2.10. The third-order valence-electron chi connectivity index (χ3n) is 2.58. The van der Waals surface area contributed by atoms with Crippen LogP contribution in [0.25, 0.3) is 0 Å². The predicted octanol–water partition coefficient (Wildman–Crippen LogP) is 2.91. The predicted molar refractivity (Wildman–Crippen MR) is 67.7 cm³/mol. The largest absolute Gasteiger partial charge is 0.346 e. The van der Waals surface area contributed by atoms with Gasteiger partial charge in [-0.1, -0.05) is 29.8 Å². The van der Waals surface area contributed by atoms with E-state index in [2.05, 4.69) is 34.3 Å². The number of halogens is 1. The van der Waals surface area contributed by atoms with Crippen LogP contribution in [0.3, 0.4) is 0 Å². The van der Waals surface area contributed by atoms with Crippen LogP contribution in [0.2, 0.25) is 5.02 Å². The minimum Gasteiger partial charge on any atom is -0.346 e. The van der Waals surface area contributed by atoms with Crippen molar-refractivity contribution >= 4 is 11.6 Å². The highest BCUT2D eigenvalue weighted by Gasteiger charge is 2.03. The lowest BCUT2D eigenvalue weighted by Crippen LogP contribution is -2.11. The molecule has 0 unspecified atom stereocenters. The molecule has 0 aliphatic carbocycles. The maximum Gasteiger partial charge on any atom is 0.0488 e. The molecule has 0 spiro atoms. The number of benzene rings is 1. The number of nitrogens with one attached hydrogen (secondary N) is 1. The van der Waals surface area contributed by atoms with E-state index in [9.17, 15) is 0 Å². The summed E-state index contributed by atoms with van der Waals surface area (Å²) >= 11 is 6.14.